The van der Waals surface area contributed by atoms with Gasteiger partial charge in [0, 0.05) is 17.1 Å². The van der Waals surface area contributed by atoms with E-state index in [1.165, 1.54) is 12.0 Å². The Kier molecular flexibility index (Phi) is 4.65. The van der Waals surface area contributed by atoms with Gasteiger partial charge in [0.1, 0.15) is 0 Å². The van der Waals surface area contributed by atoms with Crippen LogP contribution in [0.2, 0.25) is 0 Å². The van der Waals surface area contributed by atoms with Crippen LogP contribution in [0.4, 0.5) is 0 Å². The molecular formula is C17H23BrN2O. The average molecular weight is 351 g/mol. The number of hydrogen-bond donors (Lipinski definition) is 1. The van der Waals surface area contributed by atoms with E-state index < -0.39 is 0 Å². The predicted molar refractivity (Wildman–Crippen MR) is 87.9 cm³/mol. The Labute approximate surface area is 135 Å². The highest BCUT2D eigenvalue weighted by molar-refractivity contribution is 9.10. The van der Waals surface area contributed by atoms with Crippen molar-refractivity contribution in [2.24, 2.45) is 5.92 Å². The molecule has 1 aliphatic carbocycles. The predicted octanol–water partition coefficient (Wildman–Crippen LogP) is 3.33. The third-order valence-corrected chi connectivity index (χ3v) is 5.31. The number of hydrogen-bond acceptors (Lipinski definition) is 2. The molecule has 1 saturated heterocycles. The quantitative estimate of drug-likeness (QED) is 0.903. The first-order valence-electron chi connectivity index (χ1n) is 7.92. The van der Waals surface area contributed by atoms with Crippen molar-refractivity contribution < 1.29 is 4.79 Å². The summed E-state index contributed by atoms with van der Waals surface area (Å²) in [7, 11) is 0. The minimum absolute atomic E-state index is 0.0110. The van der Waals surface area contributed by atoms with Crippen molar-refractivity contribution in [1.29, 1.82) is 0 Å². The largest absolute Gasteiger partial charge is 0.334 e. The fraction of sp³-hybridized carbons (Fsp3) is 0.588. The zero-order valence-electron chi connectivity index (χ0n) is 12.5. The number of nitrogens with zero attached hydrogens (tertiary/aromatic N) is 1. The smallest absolute Gasteiger partial charge is 0.240 e. The van der Waals surface area contributed by atoms with Crippen molar-refractivity contribution in [3.8, 4) is 0 Å². The second kappa shape index (κ2) is 6.49. The van der Waals surface area contributed by atoms with Gasteiger partial charge in [-0.25, -0.2) is 0 Å². The van der Waals surface area contributed by atoms with Gasteiger partial charge >= 0.3 is 0 Å². The van der Waals surface area contributed by atoms with Crippen LogP contribution in [0.3, 0.4) is 0 Å². The van der Waals surface area contributed by atoms with E-state index in [1.807, 2.05) is 18.2 Å². The lowest BCUT2D eigenvalue weighted by Gasteiger charge is -2.32. The van der Waals surface area contributed by atoms with Crippen LogP contribution < -0.4 is 5.32 Å². The van der Waals surface area contributed by atoms with E-state index in [9.17, 15) is 4.79 Å². The summed E-state index contributed by atoms with van der Waals surface area (Å²) in [6, 6.07) is 8.66. The van der Waals surface area contributed by atoms with E-state index in [1.54, 1.807) is 0 Å². The number of benzene rings is 1. The SMILES string of the molecule is CC1CCNC(C(=O)N(Cc2ccccc2Br)C2CC2)C1. The van der Waals surface area contributed by atoms with Crippen LogP contribution >= 0.6 is 15.9 Å². The second-order valence-electron chi connectivity index (χ2n) is 6.42. The van der Waals surface area contributed by atoms with E-state index in [0.717, 1.165) is 36.8 Å². The van der Waals surface area contributed by atoms with Crippen molar-refractivity contribution in [3.63, 3.8) is 0 Å². The van der Waals surface area contributed by atoms with Crippen LogP contribution in [-0.2, 0) is 11.3 Å². The molecule has 1 N–H and O–H groups in total. The molecule has 21 heavy (non-hydrogen) atoms. The Morgan fingerprint density at radius 3 is 2.76 bits per heavy atom. The van der Waals surface area contributed by atoms with Crippen molar-refractivity contribution in [2.75, 3.05) is 6.54 Å². The van der Waals surface area contributed by atoms with Gasteiger partial charge < -0.3 is 10.2 Å². The summed E-state index contributed by atoms with van der Waals surface area (Å²) < 4.78 is 1.09. The molecule has 3 rings (SSSR count). The van der Waals surface area contributed by atoms with Crippen molar-refractivity contribution in [1.82, 2.24) is 10.2 Å². The molecule has 1 heterocycles. The number of rotatable bonds is 4. The van der Waals surface area contributed by atoms with Gasteiger partial charge in [0.05, 0.1) is 6.04 Å². The molecule has 1 saturated carbocycles. The summed E-state index contributed by atoms with van der Waals surface area (Å²) in [6.45, 7) is 3.93. The molecule has 2 atom stereocenters. The molecule has 0 aromatic heterocycles. The normalized spacial score (nSPS) is 25.6. The lowest BCUT2D eigenvalue weighted by atomic mass is 9.93. The summed E-state index contributed by atoms with van der Waals surface area (Å²) in [6.07, 6.45) is 4.45. The second-order valence-corrected chi connectivity index (χ2v) is 7.28. The van der Waals surface area contributed by atoms with Gasteiger partial charge in [-0.3, -0.25) is 4.79 Å². The Morgan fingerprint density at radius 2 is 2.10 bits per heavy atom. The first kappa shape index (κ1) is 15.0. The maximum absolute atomic E-state index is 12.9. The van der Waals surface area contributed by atoms with E-state index in [2.05, 4.69) is 39.1 Å². The molecule has 4 heteroatoms. The van der Waals surface area contributed by atoms with Crippen molar-refractivity contribution in [3.05, 3.63) is 34.3 Å². The van der Waals surface area contributed by atoms with E-state index in [-0.39, 0.29) is 6.04 Å². The van der Waals surface area contributed by atoms with Crippen molar-refractivity contribution in [2.45, 2.75) is 51.2 Å². The van der Waals surface area contributed by atoms with Crippen LogP contribution in [0.25, 0.3) is 0 Å². The molecule has 1 aromatic rings. The zero-order chi connectivity index (χ0) is 14.8. The molecule has 0 radical (unpaired) electrons. The third kappa shape index (κ3) is 3.67. The van der Waals surface area contributed by atoms with Crippen LogP contribution in [0.15, 0.2) is 28.7 Å². The number of piperidine rings is 1. The minimum atomic E-state index is 0.0110. The zero-order valence-corrected chi connectivity index (χ0v) is 14.1. The minimum Gasteiger partial charge on any atom is -0.334 e. The number of amides is 1. The topological polar surface area (TPSA) is 32.3 Å². The monoisotopic (exact) mass is 350 g/mol. The lowest BCUT2D eigenvalue weighted by molar-refractivity contribution is -0.135. The highest BCUT2D eigenvalue weighted by atomic mass is 79.9. The third-order valence-electron chi connectivity index (χ3n) is 4.53. The summed E-state index contributed by atoms with van der Waals surface area (Å²) in [5.41, 5.74) is 1.20. The Balaban J connectivity index is 1.72. The molecule has 1 aliphatic heterocycles. The van der Waals surface area contributed by atoms with Gasteiger partial charge in [-0.1, -0.05) is 41.1 Å². The van der Waals surface area contributed by atoms with E-state index in [4.69, 9.17) is 0 Å². The maximum atomic E-state index is 12.9. The molecule has 0 spiro atoms. The standard InChI is InChI=1S/C17H23BrN2O/c1-12-8-9-19-16(10-12)17(21)20(14-6-7-14)11-13-4-2-3-5-15(13)18/h2-5,12,14,16,19H,6-11H2,1H3. The molecule has 2 aliphatic rings. The fourth-order valence-corrected chi connectivity index (χ4v) is 3.49. The van der Waals surface area contributed by atoms with E-state index >= 15 is 0 Å². The molecule has 3 nitrogen and oxygen atoms in total. The summed E-state index contributed by atoms with van der Waals surface area (Å²) in [5.74, 6) is 0.935. The summed E-state index contributed by atoms with van der Waals surface area (Å²) in [4.78, 5) is 15.0. The Bertz CT molecular complexity index is 515. The lowest BCUT2D eigenvalue weighted by Crippen LogP contribution is -2.50. The molecular weight excluding hydrogens is 328 g/mol. The van der Waals surface area contributed by atoms with Crippen LogP contribution in [0, 0.1) is 5.92 Å². The molecule has 1 aromatic carbocycles. The molecule has 1 amide bonds. The Hall–Kier alpha value is -0.870. The van der Waals surface area contributed by atoms with Gasteiger partial charge in [-0.2, -0.15) is 0 Å². The number of nitrogens with one attached hydrogen (secondary N) is 1. The summed E-state index contributed by atoms with van der Waals surface area (Å²) in [5, 5.41) is 3.41. The number of carbonyl (C=O) groups excluding carboxylic acids is 1. The molecule has 2 unspecified atom stereocenters. The van der Waals surface area contributed by atoms with Gasteiger partial charge in [0.2, 0.25) is 5.91 Å². The van der Waals surface area contributed by atoms with Crippen molar-refractivity contribution >= 4 is 21.8 Å². The van der Waals surface area contributed by atoms with Gasteiger partial charge in [-0.15, -0.1) is 0 Å². The van der Waals surface area contributed by atoms with Gasteiger partial charge in [0.15, 0.2) is 0 Å². The highest BCUT2D eigenvalue weighted by Gasteiger charge is 2.37. The van der Waals surface area contributed by atoms with Gasteiger partial charge in [-0.05, 0) is 49.8 Å². The van der Waals surface area contributed by atoms with Crippen LogP contribution in [0.5, 0.6) is 0 Å². The van der Waals surface area contributed by atoms with E-state index in [0.29, 0.717) is 17.9 Å². The Morgan fingerprint density at radius 1 is 1.33 bits per heavy atom. The van der Waals surface area contributed by atoms with Crippen LogP contribution in [0.1, 0.15) is 38.2 Å². The first-order chi connectivity index (χ1) is 10.1. The fourth-order valence-electron chi connectivity index (χ4n) is 3.08. The number of halogens is 1. The molecule has 114 valence electrons. The van der Waals surface area contributed by atoms with Crippen LogP contribution in [-0.4, -0.2) is 29.4 Å². The molecule has 2 fully saturated rings. The highest BCUT2D eigenvalue weighted by Crippen LogP contribution is 2.31. The van der Waals surface area contributed by atoms with Gasteiger partial charge in [0.25, 0.3) is 0 Å². The molecule has 0 bridgehead atoms. The first-order valence-corrected chi connectivity index (χ1v) is 8.71. The number of carbonyl (C=O) groups is 1. The maximum Gasteiger partial charge on any atom is 0.240 e. The average Bonchev–Trinajstić information content (AvgIpc) is 3.30. The summed E-state index contributed by atoms with van der Waals surface area (Å²) >= 11 is 3.60.